The van der Waals surface area contributed by atoms with E-state index in [1.807, 2.05) is 11.8 Å². The van der Waals surface area contributed by atoms with E-state index in [0.717, 1.165) is 19.4 Å². The minimum Gasteiger partial charge on any atom is -0.321 e. The van der Waals surface area contributed by atoms with E-state index in [-0.39, 0.29) is 12.1 Å². The molecular formula is C18H28N2O. The molecule has 2 atom stereocenters. The standard InChI is InChI=1S/C18H28N2O/c1-6-18(5)17(21)20(12-11-13(2)3)16(19-18)15-9-7-14(4)8-10-15/h7-10,13,16,19H,6,11-12H2,1-5H3. The van der Waals surface area contributed by atoms with Crippen LogP contribution in [0.3, 0.4) is 0 Å². The molecule has 116 valence electrons. The van der Waals surface area contributed by atoms with E-state index in [1.54, 1.807) is 0 Å². The zero-order chi connectivity index (χ0) is 15.6. The van der Waals surface area contributed by atoms with Gasteiger partial charge in [-0.25, -0.2) is 0 Å². The van der Waals surface area contributed by atoms with Crippen LogP contribution in [0.5, 0.6) is 0 Å². The number of rotatable bonds is 5. The lowest BCUT2D eigenvalue weighted by Gasteiger charge is -2.25. The first-order chi connectivity index (χ1) is 9.87. The Labute approximate surface area is 128 Å². The number of amides is 1. The van der Waals surface area contributed by atoms with Crippen LogP contribution in [-0.4, -0.2) is 22.9 Å². The van der Waals surface area contributed by atoms with Crippen LogP contribution in [0.15, 0.2) is 24.3 Å². The predicted molar refractivity (Wildman–Crippen MR) is 86.9 cm³/mol. The number of nitrogens with one attached hydrogen (secondary N) is 1. The van der Waals surface area contributed by atoms with Crippen molar-refractivity contribution >= 4 is 5.91 Å². The highest BCUT2D eigenvalue weighted by Crippen LogP contribution is 2.33. The largest absolute Gasteiger partial charge is 0.321 e. The minimum atomic E-state index is -0.438. The molecule has 0 spiro atoms. The van der Waals surface area contributed by atoms with Crippen molar-refractivity contribution in [3.05, 3.63) is 35.4 Å². The molecule has 1 fully saturated rings. The van der Waals surface area contributed by atoms with Gasteiger partial charge < -0.3 is 4.90 Å². The third-order valence-corrected chi connectivity index (χ3v) is 4.55. The maximum atomic E-state index is 12.8. The van der Waals surface area contributed by atoms with Gasteiger partial charge in [-0.15, -0.1) is 0 Å². The van der Waals surface area contributed by atoms with Gasteiger partial charge in [0.05, 0.1) is 5.54 Å². The third-order valence-electron chi connectivity index (χ3n) is 4.55. The Morgan fingerprint density at radius 1 is 1.29 bits per heavy atom. The van der Waals surface area contributed by atoms with Crippen molar-refractivity contribution < 1.29 is 4.79 Å². The van der Waals surface area contributed by atoms with Gasteiger partial charge in [-0.2, -0.15) is 0 Å². The Kier molecular flexibility index (Phi) is 4.72. The van der Waals surface area contributed by atoms with E-state index in [1.165, 1.54) is 11.1 Å². The number of hydrogen-bond donors (Lipinski definition) is 1. The van der Waals surface area contributed by atoms with Crippen LogP contribution in [0.2, 0.25) is 0 Å². The molecule has 1 N–H and O–H groups in total. The van der Waals surface area contributed by atoms with Gasteiger partial charge in [0.25, 0.3) is 0 Å². The van der Waals surface area contributed by atoms with Gasteiger partial charge in [-0.1, -0.05) is 50.6 Å². The fraction of sp³-hybridized carbons (Fsp3) is 0.611. The summed E-state index contributed by atoms with van der Waals surface area (Å²) in [6.45, 7) is 11.4. The fourth-order valence-electron chi connectivity index (χ4n) is 2.77. The van der Waals surface area contributed by atoms with Crippen molar-refractivity contribution in [3.63, 3.8) is 0 Å². The minimum absolute atomic E-state index is 0.00167. The molecule has 21 heavy (non-hydrogen) atoms. The molecule has 1 aliphatic heterocycles. The summed E-state index contributed by atoms with van der Waals surface area (Å²) in [7, 11) is 0. The molecule has 1 saturated heterocycles. The molecule has 2 rings (SSSR count). The summed E-state index contributed by atoms with van der Waals surface area (Å²) < 4.78 is 0. The molecule has 0 aromatic heterocycles. The monoisotopic (exact) mass is 288 g/mol. The van der Waals surface area contributed by atoms with E-state index >= 15 is 0 Å². The highest BCUT2D eigenvalue weighted by molar-refractivity contribution is 5.88. The van der Waals surface area contributed by atoms with Gasteiger partial charge in [0.15, 0.2) is 0 Å². The Bertz CT molecular complexity index is 494. The molecule has 1 aliphatic rings. The summed E-state index contributed by atoms with van der Waals surface area (Å²) in [6.07, 6.45) is 1.85. The van der Waals surface area contributed by atoms with Gasteiger partial charge in [0.1, 0.15) is 6.17 Å². The van der Waals surface area contributed by atoms with Crippen LogP contribution in [0, 0.1) is 12.8 Å². The lowest BCUT2D eigenvalue weighted by Crippen LogP contribution is -2.43. The second kappa shape index (κ2) is 6.18. The van der Waals surface area contributed by atoms with Crippen LogP contribution in [0.1, 0.15) is 57.8 Å². The second-order valence-corrected chi connectivity index (χ2v) is 6.82. The molecule has 0 bridgehead atoms. The van der Waals surface area contributed by atoms with Gasteiger partial charge in [-0.3, -0.25) is 10.1 Å². The predicted octanol–water partition coefficient (Wildman–Crippen LogP) is 3.64. The van der Waals surface area contributed by atoms with Crippen LogP contribution in [-0.2, 0) is 4.79 Å². The third kappa shape index (κ3) is 3.29. The normalized spacial score (nSPS) is 25.9. The number of benzene rings is 1. The summed E-state index contributed by atoms with van der Waals surface area (Å²) >= 11 is 0. The second-order valence-electron chi connectivity index (χ2n) is 6.82. The fourth-order valence-corrected chi connectivity index (χ4v) is 2.77. The summed E-state index contributed by atoms with van der Waals surface area (Å²) in [5.74, 6) is 0.834. The van der Waals surface area contributed by atoms with Gasteiger partial charge >= 0.3 is 0 Å². The maximum Gasteiger partial charge on any atom is 0.244 e. The van der Waals surface area contributed by atoms with Crippen molar-refractivity contribution in [2.45, 2.75) is 59.2 Å². The quantitative estimate of drug-likeness (QED) is 0.897. The maximum absolute atomic E-state index is 12.8. The average Bonchev–Trinajstić information content (AvgIpc) is 2.70. The van der Waals surface area contributed by atoms with Crippen molar-refractivity contribution in [1.29, 1.82) is 0 Å². The summed E-state index contributed by atoms with van der Waals surface area (Å²) in [4.78, 5) is 14.8. The Balaban J connectivity index is 2.27. The molecule has 0 radical (unpaired) electrons. The molecule has 1 aromatic carbocycles. The number of aryl methyl sites for hydroxylation is 1. The Morgan fingerprint density at radius 2 is 1.90 bits per heavy atom. The number of carbonyl (C=O) groups excluding carboxylic acids is 1. The zero-order valence-corrected chi connectivity index (χ0v) is 13.9. The van der Waals surface area contributed by atoms with Crippen molar-refractivity contribution in [3.8, 4) is 0 Å². The molecule has 0 aliphatic carbocycles. The first-order valence-corrected chi connectivity index (χ1v) is 8.02. The first kappa shape index (κ1) is 16.0. The SMILES string of the molecule is CCC1(C)NC(c2ccc(C)cc2)N(CCC(C)C)C1=O. The van der Waals surface area contributed by atoms with Gasteiger partial charge in [0.2, 0.25) is 5.91 Å². The van der Waals surface area contributed by atoms with Gasteiger partial charge in [0, 0.05) is 6.54 Å². The molecule has 3 heteroatoms. The zero-order valence-electron chi connectivity index (χ0n) is 13.9. The first-order valence-electron chi connectivity index (χ1n) is 8.02. The number of nitrogens with zero attached hydrogens (tertiary/aromatic N) is 1. The van der Waals surface area contributed by atoms with Crippen molar-refractivity contribution in [2.24, 2.45) is 5.92 Å². The molecule has 1 amide bonds. The van der Waals surface area contributed by atoms with E-state index in [4.69, 9.17) is 0 Å². The number of carbonyl (C=O) groups is 1. The summed E-state index contributed by atoms with van der Waals surface area (Å²) in [5.41, 5.74) is 1.98. The van der Waals surface area contributed by atoms with Crippen molar-refractivity contribution in [1.82, 2.24) is 10.2 Å². The lowest BCUT2D eigenvalue weighted by atomic mass is 9.99. The van der Waals surface area contributed by atoms with E-state index < -0.39 is 5.54 Å². The molecule has 1 aromatic rings. The topological polar surface area (TPSA) is 32.3 Å². The summed E-state index contributed by atoms with van der Waals surface area (Å²) in [6, 6.07) is 8.49. The van der Waals surface area contributed by atoms with E-state index in [0.29, 0.717) is 5.92 Å². The van der Waals surface area contributed by atoms with Crippen LogP contribution < -0.4 is 5.32 Å². The number of hydrogen-bond acceptors (Lipinski definition) is 2. The van der Waals surface area contributed by atoms with Crippen LogP contribution >= 0.6 is 0 Å². The van der Waals surface area contributed by atoms with Gasteiger partial charge in [-0.05, 0) is 38.2 Å². The Morgan fingerprint density at radius 3 is 2.43 bits per heavy atom. The lowest BCUT2D eigenvalue weighted by molar-refractivity contribution is -0.133. The van der Waals surface area contributed by atoms with Crippen molar-refractivity contribution in [2.75, 3.05) is 6.54 Å². The molecule has 2 unspecified atom stereocenters. The van der Waals surface area contributed by atoms with Crippen LogP contribution in [0.25, 0.3) is 0 Å². The molecule has 1 heterocycles. The molecular weight excluding hydrogens is 260 g/mol. The summed E-state index contributed by atoms with van der Waals surface area (Å²) in [5, 5.41) is 3.55. The smallest absolute Gasteiger partial charge is 0.244 e. The highest BCUT2D eigenvalue weighted by atomic mass is 16.2. The molecule has 0 saturated carbocycles. The highest BCUT2D eigenvalue weighted by Gasteiger charge is 2.46. The van der Waals surface area contributed by atoms with Crippen LogP contribution in [0.4, 0.5) is 0 Å². The molecule has 3 nitrogen and oxygen atoms in total. The van der Waals surface area contributed by atoms with E-state index in [2.05, 4.69) is 57.3 Å². The Hall–Kier alpha value is -1.35. The van der Waals surface area contributed by atoms with E-state index in [9.17, 15) is 4.79 Å². The average molecular weight is 288 g/mol.